The highest BCUT2D eigenvalue weighted by Gasteiger charge is 2.14. The quantitative estimate of drug-likeness (QED) is 0.711. The van der Waals surface area contributed by atoms with Gasteiger partial charge in [-0.3, -0.25) is 4.79 Å². The molecule has 0 saturated carbocycles. The number of carbonyl (C=O) groups is 1. The van der Waals surface area contributed by atoms with Gasteiger partial charge in [-0.25, -0.2) is 0 Å². The van der Waals surface area contributed by atoms with E-state index in [1.165, 1.54) is 11.3 Å². The summed E-state index contributed by atoms with van der Waals surface area (Å²) in [5.74, 6) is 0.0243. The number of carbonyl (C=O) groups excluding carboxylic acids is 1. The third-order valence-electron chi connectivity index (χ3n) is 3.14. The van der Waals surface area contributed by atoms with Crippen molar-refractivity contribution in [2.24, 2.45) is 0 Å². The van der Waals surface area contributed by atoms with Gasteiger partial charge in [-0.2, -0.15) is 0 Å². The zero-order chi connectivity index (χ0) is 15.4. The molecular formula is C16H15NO2S3. The Bertz CT molecular complexity index is 717. The van der Waals surface area contributed by atoms with Crippen LogP contribution in [0.25, 0.3) is 0 Å². The van der Waals surface area contributed by atoms with Crippen molar-refractivity contribution in [1.82, 2.24) is 5.32 Å². The van der Waals surface area contributed by atoms with Crippen molar-refractivity contribution >= 4 is 39.9 Å². The fraction of sp³-hybridized carbons (Fsp3) is 0.188. The number of hydrogen-bond donors (Lipinski definition) is 2. The number of aliphatic hydroxyl groups is 1. The van der Waals surface area contributed by atoms with E-state index in [0.29, 0.717) is 13.0 Å². The van der Waals surface area contributed by atoms with Gasteiger partial charge in [0, 0.05) is 19.5 Å². The molecule has 0 aliphatic heterocycles. The Hall–Kier alpha value is -1.47. The Kier molecular flexibility index (Phi) is 5.04. The maximum absolute atomic E-state index is 11.9. The van der Waals surface area contributed by atoms with E-state index in [-0.39, 0.29) is 5.91 Å². The molecule has 0 saturated heterocycles. The van der Waals surface area contributed by atoms with Crippen molar-refractivity contribution in [2.75, 3.05) is 0 Å². The molecule has 6 heteroatoms. The zero-order valence-electron chi connectivity index (χ0n) is 11.7. The molecule has 1 atom stereocenters. The fourth-order valence-corrected chi connectivity index (χ4v) is 4.51. The van der Waals surface area contributed by atoms with E-state index in [0.717, 1.165) is 19.5 Å². The lowest BCUT2D eigenvalue weighted by Crippen LogP contribution is -2.23. The molecule has 1 amide bonds. The highest BCUT2D eigenvalue weighted by atomic mass is 32.1. The van der Waals surface area contributed by atoms with Crippen LogP contribution >= 0.6 is 34.0 Å². The summed E-state index contributed by atoms with van der Waals surface area (Å²) in [4.78, 5) is 15.8. The van der Waals surface area contributed by atoms with E-state index in [4.69, 9.17) is 0 Å². The maximum Gasteiger partial charge on any atom is 0.225 e. The average molecular weight is 350 g/mol. The van der Waals surface area contributed by atoms with Crippen LogP contribution in [0.2, 0.25) is 0 Å². The van der Waals surface area contributed by atoms with Crippen molar-refractivity contribution in [1.29, 1.82) is 0 Å². The van der Waals surface area contributed by atoms with Crippen LogP contribution in [-0.2, 0) is 17.8 Å². The minimum absolute atomic E-state index is 0.0243. The SMILES string of the molecule is O=C(Cc1cccs1)NCc1ccc(C(O)c2cccs2)s1. The lowest BCUT2D eigenvalue weighted by atomic mass is 10.2. The van der Waals surface area contributed by atoms with Gasteiger partial charge in [0.2, 0.25) is 5.91 Å². The van der Waals surface area contributed by atoms with Crippen LogP contribution in [0.3, 0.4) is 0 Å². The number of aliphatic hydroxyl groups excluding tert-OH is 1. The van der Waals surface area contributed by atoms with Gasteiger partial charge in [0.15, 0.2) is 0 Å². The first-order valence-electron chi connectivity index (χ1n) is 6.81. The van der Waals surface area contributed by atoms with Crippen LogP contribution in [0.1, 0.15) is 25.6 Å². The molecule has 22 heavy (non-hydrogen) atoms. The van der Waals surface area contributed by atoms with E-state index in [1.807, 2.05) is 47.2 Å². The number of hydrogen-bond acceptors (Lipinski definition) is 5. The maximum atomic E-state index is 11.9. The molecule has 0 radical (unpaired) electrons. The minimum atomic E-state index is -0.569. The van der Waals surface area contributed by atoms with E-state index >= 15 is 0 Å². The Morgan fingerprint density at radius 1 is 1.05 bits per heavy atom. The van der Waals surface area contributed by atoms with Gasteiger partial charge >= 0.3 is 0 Å². The van der Waals surface area contributed by atoms with E-state index in [2.05, 4.69) is 5.32 Å². The number of amides is 1. The standard InChI is InChI=1S/C16H15NO2S3/c18-15(9-11-3-1-7-20-11)17-10-12-5-6-14(22-12)16(19)13-4-2-8-21-13/h1-8,16,19H,9-10H2,(H,17,18). The van der Waals surface area contributed by atoms with Crippen molar-refractivity contribution < 1.29 is 9.90 Å². The molecule has 3 aromatic heterocycles. The molecule has 0 aliphatic rings. The first-order chi connectivity index (χ1) is 10.7. The van der Waals surface area contributed by atoms with E-state index in [9.17, 15) is 9.90 Å². The summed E-state index contributed by atoms with van der Waals surface area (Å²) in [6, 6.07) is 11.7. The first kappa shape index (κ1) is 15.4. The third-order valence-corrected chi connectivity index (χ3v) is 6.08. The van der Waals surface area contributed by atoms with Crippen molar-refractivity contribution in [3.8, 4) is 0 Å². The third kappa shape index (κ3) is 3.84. The smallest absolute Gasteiger partial charge is 0.225 e. The molecule has 0 fully saturated rings. The monoisotopic (exact) mass is 349 g/mol. The predicted molar refractivity (Wildman–Crippen MR) is 92.6 cm³/mol. The zero-order valence-corrected chi connectivity index (χ0v) is 14.1. The lowest BCUT2D eigenvalue weighted by Gasteiger charge is -2.05. The van der Waals surface area contributed by atoms with Crippen LogP contribution in [0.4, 0.5) is 0 Å². The van der Waals surface area contributed by atoms with Crippen molar-refractivity contribution in [3.05, 3.63) is 66.7 Å². The second-order valence-electron chi connectivity index (χ2n) is 4.75. The van der Waals surface area contributed by atoms with Crippen LogP contribution < -0.4 is 5.32 Å². The number of thiophene rings is 3. The highest BCUT2D eigenvalue weighted by Crippen LogP contribution is 2.30. The largest absolute Gasteiger partial charge is 0.382 e. The van der Waals surface area contributed by atoms with Gasteiger partial charge in [-0.15, -0.1) is 34.0 Å². The number of rotatable bonds is 6. The summed E-state index contributed by atoms with van der Waals surface area (Å²) < 4.78 is 0. The van der Waals surface area contributed by atoms with Crippen molar-refractivity contribution in [2.45, 2.75) is 19.1 Å². The molecule has 3 nitrogen and oxygen atoms in total. The molecular weight excluding hydrogens is 334 g/mol. The van der Waals surface area contributed by atoms with Gasteiger partial charge in [0.25, 0.3) is 0 Å². The van der Waals surface area contributed by atoms with Crippen LogP contribution in [0.15, 0.2) is 47.2 Å². The van der Waals surface area contributed by atoms with Crippen molar-refractivity contribution in [3.63, 3.8) is 0 Å². The molecule has 0 spiro atoms. The summed E-state index contributed by atoms with van der Waals surface area (Å²) in [6.45, 7) is 0.506. The fourth-order valence-electron chi connectivity index (χ4n) is 2.04. The number of nitrogens with one attached hydrogen (secondary N) is 1. The van der Waals surface area contributed by atoms with Crippen LogP contribution in [-0.4, -0.2) is 11.0 Å². The summed E-state index contributed by atoms with van der Waals surface area (Å²) in [7, 11) is 0. The molecule has 2 N–H and O–H groups in total. The first-order valence-corrected chi connectivity index (χ1v) is 9.39. The second-order valence-corrected chi connectivity index (χ2v) is 7.97. The van der Waals surface area contributed by atoms with E-state index in [1.54, 1.807) is 22.7 Å². The van der Waals surface area contributed by atoms with Crippen LogP contribution in [0, 0.1) is 0 Å². The molecule has 114 valence electrons. The van der Waals surface area contributed by atoms with Gasteiger partial charge in [0.1, 0.15) is 6.10 Å². The van der Waals surface area contributed by atoms with Gasteiger partial charge in [-0.1, -0.05) is 12.1 Å². The molecule has 0 aromatic carbocycles. The average Bonchev–Trinajstić information content (AvgIpc) is 3.26. The second kappa shape index (κ2) is 7.19. The molecule has 3 heterocycles. The summed E-state index contributed by atoms with van der Waals surface area (Å²) >= 11 is 4.67. The van der Waals surface area contributed by atoms with E-state index < -0.39 is 6.10 Å². The Morgan fingerprint density at radius 2 is 1.86 bits per heavy atom. The van der Waals surface area contributed by atoms with Crippen LogP contribution in [0.5, 0.6) is 0 Å². The van der Waals surface area contributed by atoms with Gasteiger partial charge < -0.3 is 10.4 Å². The Labute approximate surface area is 140 Å². The lowest BCUT2D eigenvalue weighted by molar-refractivity contribution is -0.120. The van der Waals surface area contributed by atoms with Gasteiger partial charge in [-0.05, 0) is 35.0 Å². The summed E-state index contributed by atoms with van der Waals surface area (Å²) in [5.41, 5.74) is 0. The van der Waals surface area contributed by atoms with Gasteiger partial charge in [0.05, 0.1) is 13.0 Å². The Balaban J connectivity index is 1.54. The Morgan fingerprint density at radius 3 is 2.59 bits per heavy atom. The predicted octanol–water partition coefficient (Wildman–Crippen LogP) is 3.81. The summed E-state index contributed by atoms with van der Waals surface area (Å²) in [6.07, 6.45) is -0.145. The topological polar surface area (TPSA) is 49.3 Å². The minimum Gasteiger partial charge on any atom is -0.382 e. The highest BCUT2D eigenvalue weighted by molar-refractivity contribution is 7.13. The molecule has 0 aliphatic carbocycles. The molecule has 1 unspecified atom stereocenters. The normalized spacial score (nSPS) is 12.2. The molecule has 0 bridgehead atoms. The molecule has 3 rings (SSSR count). The molecule has 3 aromatic rings. The summed E-state index contributed by atoms with van der Waals surface area (Å²) in [5, 5.41) is 17.1.